The summed E-state index contributed by atoms with van der Waals surface area (Å²) < 4.78 is 0. The number of aromatic nitrogens is 1. The van der Waals surface area contributed by atoms with E-state index in [-0.39, 0.29) is 5.56 Å². The molecule has 0 saturated carbocycles. The van der Waals surface area contributed by atoms with Gasteiger partial charge in [0.1, 0.15) is 0 Å². The molecule has 1 aromatic rings. The Kier molecular flexibility index (Phi) is 4.56. The summed E-state index contributed by atoms with van der Waals surface area (Å²) in [5, 5.41) is 3.28. The fourth-order valence-electron chi connectivity index (χ4n) is 1.62. The van der Waals surface area contributed by atoms with Crippen LogP contribution in [0.5, 0.6) is 0 Å². The molecule has 0 aliphatic rings. The van der Waals surface area contributed by atoms with Gasteiger partial charge in [0.25, 0.3) is 5.56 Å². The number of nitrogens with one attached hydrogen (secondary N) is 2. The van der Waals surface area contributed by atoms with E-state index in [1.807, 2.05) is 19.9 Å². The van der Waals surface area contributed by atoms with Crippen LogP contribution in [0.25, 0.3) is 0 Å². The molecule has 3 heteroatoms. The van der Waals surface area contributed by atoms with Gasteiger partial charge in [-0.15, -0.1) is 0 Å². The van der Waals surface area contributed by atoms with Crippen LogP contribution < -0.4 is 10.9 Å². The van der Waals surface area contributed by atoms with E-state index < -0.39 is 0 Å². The Morgan fingerprint density at radius 2 is 2.13 bits per heavy atom. The maximum atomic E-state index is 11.6. The average molecular weight is 208 g/mol. The third-order valence-corrected chi connectivity index (χ3v) is 2.50. The molecule has 0 unspecified atom stereocenters. The zero-order valence-corrected chi connectivity index (χ0v) is 9.81. The van der Waals surface area contributed by atoms with Crippen LogP contribution in [-0.4, -0.2) is 11.5 Å². The number of unbranched alkanes of at least 4 members (excludes halogenated alkanes) is 1. The van der Waals surface area contributed by atoms with Crippen molar-refractivity contribution < 1.29 is 0 Å². The molecule has 0 atom stereocenters. The van der Waals surface area contributed by atoms with Gasteiger partial charge in [-0.05, 0) is 38.4 Å². The largest absolute Gasteiger partial charge is 0.326 e. The van der Waals surface area contributed by atoms with Gasteiger partial charge in [0.15, 0.2) is 0 Å². The van der Waals surface area contributed by atoms with Crippen LogP contribution in [0, 0.1) is 13.8 Å². The molecule has 2 N–H and O–H groups in total. The van der Waals surface area contributed by atoms with Crippen molar-refractivity contribution in [3.05, 3.63) is 33.2 Å². The van der Waals surface area contributed by atoms with Gasteiger partial charge in [0, 0.05) is 17.8 Å². The van der Waals surface area contributed by atoms with E-state index in [1.165, 1.54) is 6.42 Å². The molecule has 1 heterocycles. The van der Waals surface area contributed by atoms with E-state index in [1.54, 1.807) is 0 Å². The van der Waals surface area contributed by atoms with Gasteiger partial charge >= 0.3 is 0 Å². The Balaban J connectivity index is 2.65. The van der Waals surface area contributed by atoms with Crippen molar-refractivity contribution in [1.82, 2.24) is 10.3 Å². The van der Waals surface area contributed by atoms with E-state index in [0.717, 1.165) is 29.8 Å². The second-order valence-corrected chi connectivity index (χ2v) is 3.97. The molecule has 0 radical (unpaired) electrons. The lowest BCUT2D eigenvalue weighted by Gasteiger charge is -2.07. The van der Waals surface area contributed by atoms with E-state index in [9.17, 15) is 4.79 Å². The first-order valence-electron chi connectivity index (χ1n) is 5.55. The molecule has 1 aromatic heterocycles. The number of aromatic amines is 1. The molecule has 15 heavy (non-hydrogen) atoms. The first-order chi connectivity index (χ1) is 7.15. The molecule has 0 amide bonds. The molecule has 0 spiro atoms. The Morgan fingerprint density at radius 1 is 1.40 bits per heavy atom. The number of aryl methyl sites for hydroxylation is 2. The summed E-state index contributed by atoms with van der Waals surface area (Å²) in [6.45, 7) is 7.69. The molecule has 1 rings (SSSR count). The highest BCUT2D eigenvalue weighted by Gasteiger charge is 2.03. The molecule has 0 aliphatic heterocycles. The molecular formula is C12H20N2O. The zero-order chi connectivity index (χ0) is 11.3. The minimum atomic E-state index is 0.0384. The molecule has 0 saturated heterocycles. The topological polar surface area (TPSA) is 44.9 Å². The van der Waals surface area contributed by atoms with E-state index in [2.05, 4.69) is 17.2 Å². The van der Waals surface area contributed by atoms with E-state index in [0.29, 0.717) is 6.54 Å². The minimum absolute atomic E-state index is 0.0384. The number of hydrogen-bond donors (Lipinski definition) is 2. The number of H-pyrrole nitrogens is 1. The van der Waals surface area contributed by atoms with Crippen LogP contribution in [0.3, 0.4) is 0 Å². The van der Waals surface area contributed by atoms with Crippen molar-refractivity contribution in [3.63, 3.8) is 0 Å². The van der Waals surface area contributed by atoms with E-state index >= 15 is 0 Å². The quantitative estimate of drug-likeness (QED) is 0.726. The highest BCUT2D eigenvalue weighted by molar-refractivity contribution is 5.24. The van der Waals surface area contributed by atoms with Gasteiger partial charge in [-0.1, -0.05) is 13.3 Å². The van der Waals surface area contributed by atoms with Crippen LogP contribution in [-0.2, 0) is 6.54 Å². The summed E-state index contributed by atoms with van der Waals surface area (Å²) in [5.41, 5.74) is 2.89. The molecule has 84 valence electrons. The average Bonchev–Trinajstić information content (AvgIpc) is 2.15. The number of pyridine rings is 1. The Hall–Kier alpha value is -1.09. The zero-order valence-electron chi connectivity index (χ0n) is 9.81. The molecular weight excluding hydrogens is 188 g/mol. The van der Waals surface area contributed by atoms with Crippen molar-refractivity contribution in [1.29, 1.82) is 0 Å². The lowest BCUT2D eigenvalue weighted by Crippen LogP contribution is -2.23. The second-order valence-electron chi connectivity index (χ2n) is 3.97. The molecule has 0 fully saturated rings. The Bertz CT molecular complexity index is 368. The fraction of sp³-hybridized carbons (Fsp3) is 0.583. The summed E-state index contributed by atoms with van der Waals surface area (Å²) in [7, 11) is 0. The molecule has 3 nitrogen and oxygen atoms in total. The van der Waals surface area contributed by atoms with Crippen molar-refractivity contribution in [2.75, 3.05) is 6.54 Å². The molecule has 0 aliphatic carbocycles. The smallest absolute Gasteiger partial charge is 0.252 e. The SMILES string of the molecule is CCCCNCc1c(C)cc(C)[nH]c1=O. The van der Waals surface area contributed by atoms with Crippen molar-refractivity contribution in [2.24, 2.45) is 0 Å². The standard InChI is InChI=1S/C12H20N2O/c1-4-5-6-13-8-11-9(2)7-10(3)14-12(11)15/h7,13H,4-6,8H2,1-3H3,(H,14,15). The van der Waals surface area contributed by atoms with Gasteiger partial charge in [-0.2, -0.15) is 0 Å². The van der Waals surface area contributed by atoms with Crippen LogP contribution >= 0.6 is 0 Å². The number of rotatable bonds is 5. The van der Waals surface area contributed by atoms with Crippen molar-refractivity contribution in [2.45, 2.75) is 40.2 Å². The molecule has 0 aromatic carbocycles. The van der Waals surface area contributed by atoms with Gasteiger partial charge in [0.2, 0.25) is 0 Å². The van der Waals surface area contributed by atoms with Crippen molar-refractivity contribution >= 4 is 0 Å². The normalized spacial score (nSPS) is 10.6. The van der Waals surface area contributed by atoms with Crippen LogP contribution in [0.4, 0.5) is 0 Å². The van der Waals surface area contributed by atoms with Gasteiger partial charge in [0.05, 0.1) is 0 Å². The predicted octanol–water partition coefficient (Wildman–Crippen LogP) is 1.88. The van der Waals surface area contributed by atoms with Gasteiger partial charge in [-0.25, -0.2) is 0 Å². The number of hydrogen-bond acceptors (Lipinski definition) is 2. The highest BCUT2D eigenvalue weighted by Crippen LogP contribution is 2.02. The lowest BCUT2D eigenvalue weighted by molar-refractivity contribution is 0.636. The predicted molar refractivity (Wildman–Crippen MR) is 63.2 cm³/mol. The van der Waals surface area contributed by atoms with Crippen LogP contribution in [0.15, 0.2) is 10.9 Å². The maximum absolute atomic E-state index is 11.6. The van der Waals surface area contributed by atoms with Crippen LogP contribution in [0.2, 0.25) is 0 Å². The second kappa shape index (κ2) is 5.71. The first-order valence-corrected chi connectivity index (χ1v) is 5.55. The summed E-state index contributed by atoms with van der Waals surface area (Å²) in [4.78, 5) is 14.5. The Labute approximate surface area is 90.9 Å². The summed E-state index contributed by atoms with van der Waals surface area (Å²) in [6, 6.07) is 2.01. The van der Waals surface area contributed by atoms with Gasteiger partial charge < -0.3 is 10.3 Å². The summed E-state index contributed by atoms with van der Waals surface area (Å²) >= 11 is 0. The van der Waals surface area contributed by atoms with Crippen LogP contribution in [0.1, 0.15) is 36.6 Å². The first kappa shape index (κ1) is 12.0. The summed E-state index contributed by atoms with van der Waals surface area (Å²) in [5.74, 6) is 0. The Morgan fingerprint density at radius 3 is 2.73 bits per heavy atom. The minimum Gasteiger partial charge on any atom is -0.326 e. The fourth-order valence-corrected chi connectivity index (χ4v) is 1.62. The monoisotopic (exact) mass is 208 g/mol. The van der Waals surface area contributed by atoms with E-state index in [4.69, 9.17) is 0 Å². The molecule has 0 bridgehead atoms. The third-order valence-electron chi connectivity index (χ3n) is 2.50. The van der Waals surface area contributed by atoms with Gasteiger partial charge in [-0.3, -0.25) is 4.79 Å². The van der Waals surface area contributed by atoms with Crippen molar-refractivity contribution in [3.8, 4) is 0 Å². The summed E-state index contributed by atoms with van der Waals surface area (Å²) in [6.07, 6.45) is 2.33. The lowest BCUT2D eigenvalue weighted by atomic mass is 10.1. The highest BCUT2D eigenvalue weighted by atomic mass is 16.1. The maximum Gasteiger partial charge on any atom is 0.252 e. The third kappa shape index (κ3) is 3.51.